The molecule has 0 N–H and O–H groups in total. The van der Waals surface area contributed by atoms with Crippen LogP contribution < -0.4 is 0 Å². The van der Waals surface area contributed by atoms with E-state index in [2.05, 4.69) is 64.0 Å². The summed E-state index contributed by atoms with van der Waals surface area (Å²) >= 11 is 3.56. The fourth-order valence-electron chi connectivity index (χ4n) is 2.34. The zero-order chi connectivity index (χ0) is 15.5. The van der Waals surface area contributed by atoms with Crippen molar-refractivity contribution >= 4 is 38.7 Å². The fraction of sp³-hybridized carbons (Fsp3) is 0.158. The second kappa shape index (κ2) is 6.41. The molecular formula is C19H17BrN2. The molecule has 0 radical (unpaired) electrons. The molecule has 3 rings (SSSR count). The largest absolute Gasteiger partial charge is 0.254 e. The molecule has 0 fully saturated rings. The highest BCUT2D eigenvalue weighted by molar-refractivity contribution is 9.10. The molecule has 22 heavy (non-hydrogen) atoms. The molecule has 3 aromatic rings. The number of halogens is 1. The van der Waals surface area contributed by atoms with Crippen molar-refractivity contribution in [3.8, 4) is 0 Å². The van der Waals surface area contributed by atoms with Gasteiger partial charge in [-0.25, -0.2) is 0 Å². The van der Waals surface area contributed by atoms with Crippen LogP contribution in [0.2, 0.25) is 0 Å². The lowest BCUT2D eigenvalue weighted by molar-refractivity contribution is 0.866. The topological polar surface area (TPSA) is 25.2 Å². The van der Waals surface area contributed by atoms with Gasteiger partial charge in [0, 0.05) is 22.3 Å². The fourth-order valence-corrected chi connectivity index (χ4v) is 2.79. The average Bonchev–Trinajstić information content (AvgIpc) is 2.55. The van der Waals surface area contributed by atoms with Crippen molar-refractivity contribution in [2.24, 2.45) is 4.99 Å². The minimum absolute atomic E-state index is 0.547. The van der Waals surface area contributed by atoms with Crippen LogP contribution in [-0.4, -0.2) is 11.2 Å². The van der Waals surface area contributed by atoms with Gasteiger partial charge in [0.15, 0.2) is 0 Å². The molecule has 0 unspecified atom stereocenters. The van der Waals surface area contributed by atoms with E-state index in [-0.39, 0.29) is 0 Å². The predicted molar refractivity (Wildman–Crippen MR) is 97.2 cm³/mol. The zero-order valence-electron chi connectivity index (χ0n) is 12.6. The first-order valence-corrected chi connectivity index (χ1v) is 8.12. The molecule has 2 nitrogen and oxygen atoms in total. The van der Waals surface area contributed by atoms with Crippen molar-refractivity contribution in [2.75, 3.05) is 0 Å². The number of benzene rings is 2. The van der Waals surface area contributed by atoms with E-state index in [1.165, 1.54) is 5.56 Å². The van der Waals surface area contributed by atoms with E-state index in [9.17, 15) is 0 Å². The van der Waals surface area contributed by atoms with Crippen molar-refractivity contribution in [3.63, 3.8) is 0 Å². The first kappa shape index (κ1) is 14.9. The molecule has 0 bridgehead atoms. The van der Waals surface area contributed by atoms with Gasteiger partial charge in [-0.3, -0.25) is 9.98 Å². The predicted octanol–water partition coefficient (Wildman–Crippen LogP) is 5.87. The Morgan fingerprint density at radius 3 is 2.55 bits per heavy atom. The van der Waals surface area contributed by atoms with Crippen molar-refractivity contribution < 1.29 is 0 Å². The third kappa shape index (κ3) is 3.09. The van der Waals surface area contributed by atoms with Gasteiger partial charge in [0.05, 0.1) is 11.2 Å². The van der Waals surface area contributed by atoms with Gasteiger partial charge in [0.2, 0.25) is 0 Å². The van der Waals surface area contributed by atoms with Crippen LogP contribution in [0.15, 0.2) is 64.2 Å². The van der Waals surface area contributed by atoms with Crippen LogP contribution in [-0.2, 0) is 0 Å². The number of aromatic nitrogens is 1. The van der Waals surface area contributed by atoms with Crippen LogP contribution in [0.5, 0.6) is 0 Å². The van der Waals surface area contributed by atoms with E-state index in [0.717, 1.165) is 26.6 Å². The summed E-state index contributed by atoms with van der Waals surface area (Å²) in [7, 11) is 0. The van der Waals surface area contributed by atoms with Crippen molar-refractivity contribution in [1.82, 2.24) is 4.98 Å². The standard InChI is InChI=1S/C19H17BrN2/c1-13(2)15-7-5-14(6-8-15)12-22-18-10-9-17(20)16-4-3-11-21-19(16)18/h3-13H,1-2H3. The number of fused-ring (bicyclic) bond motifs is 1. The van der Waals surface area contributed by atoms with Crippen LogP contribution in [0, 0.1) is 0 Å². The molecule has 0 atom stereocenters. The van der Waals surface area contributed by atoms with Crippen molar-refractivity contribution in [2.45, 2.75) is 19.8 Å². The van der Waals surface area contributed by atoms with Gasteiger partial charge in [-0.15, -0.1) is 0 Å². The van der Waals surface area contributed by atoms with Crippen LogP contribution >= 0.6 is 15.9 Å². The summed E-state index contributed by atoms with van der Waals surface area (Å²) < 4.78 is 1.04. The molecule has 0 saturated carbocycles. The highest BCUT2D eigenvalue weighted by Crippen LogP contribution is 2.30. The van der Waals surface area contributed by atoms with E-state index in [0.29, 0.717) is 5.92 Å². The highest BCUT2D eigenvalue weighted by Gasteiger charge is 2.04. The van der Waals surface area contributed by atoms with Crippen molar-refractivity contribution in [1.29, 1.82) is 0 Å². The number of aliphatic imine (C=N–C) groups is 1. The maximum absolute atomic E-state index is 4.61. The monoisotopic (exact) mass is 352 g/mol. The summed E-state index contributed by atoms with van der Waals surface area (Å²) in [6.07, 6.45) is 3.69. The smallest absolute Gasteiger partial charge is 0.0969 e. The quantitative estimate of drug-likeness (QED) is 0.541. The molecule has 0 amide bonds. The van der Waals surface area contributed by atoms with Gasteiger partial charge < -0.3 is 0 Å². The SMILES string of the molecule is CC(C)c1ccc(C=Nc2ccc(Br)c3cccnc23)cc1. The molecule has 1 heterocycles. The minimum atomic E-state index is 0.547. The van der Waals surface area contributed by atoms with E-state index in [1.54, 1.807) is 6.20 Å². The summed E-state index contributed by atoms with van der Waals surface area (Å²) in [5.74, 6) is 0.547. The van der Waals surface area contributed by atoms with Crippen LogP contribution in [0.4, 0.5) is 5.69 Å². The molecule has 1 aromatic heterocycles. The molecule has 3 heteroatoms. The Morgan fingerprint density at radius 2 is 1.82 bits per heavy atom. The van der Waals surface area contributed by atoms with Crippen molar-refractivity contribution in [3.05, 3.63) is 70.3 Å². The van der Waals surface area contributed by atoms with E-state index < -0.39 is 0 Å². The number of nitrogens with zero attached hydrogens (tertiary/aromatic N) is 2. The molecule has 0 aliphatic rings. The lowest BCUT2D eigenvalue weighted by Gasteiger charge is -2.05. The molecule has 2 aromatic carbocycles. The van der Waals surface area contributed by atoms with Gasteiger partial charge in [-0.2, -0.15) is 0 Å². The van der Waals surface area contributed by atoms with Crippen LogP contribution in [0.3, 0.4) is 0 Å². The van der Waals surface area contributed by atoms with Crippen LogP contribution in [0.1, 0.15) is 30.9 Å². The number of rotatable bonds is 3. The van der Waals surface area contributed by atoms with Crippen LogP contribution in [0.25, 0.3) is 10.9 Å². The van der Waals surface area contributed by atoms with Gasteiger partial charge in [-0.05, 0) is 35.2 Å². The second-order valence-corrected chi connectivity index (χ2v) is 6.40. The normalized spacial score (nSPS) is 11.6. The third-order valence-corrected chi connectivity index (χ3v) is 4.34. The zero-order valence-corrected chi connectivity index (χ0v) is 14.2. The Bertz CT molecular complexity index is 820. The maximum Gasteiger partial charge on any atom is 0.0969 e. The highest BCUT2D eigenvalue weighted by atomic mass is 79.9. The first-order chi connectivity index (χ1) is 10.6. The Morgan fingerprint density at radius 1 is 1.05 bits per heavy atom. The first-order valence-electron chi connectivity index (χ1n) is 7.32. The summed E-state index contributed by atoms with van der Waals surface area (Å²) in [4.78, 5) is 9.06. The van der Waals surface area contributed by atoms with Gasteiger partial charge in [-0.1, -0.05) is 60.1 Å². The Kier molecular flexibility index (Phi) is 4.34. The summed E-state index contributed by atoms with van der Waals surface area (Å²) in [5.41, 5.74) is 4.22. The summed E-state index contributed by atoms with van der Waals surface area (Å²) in [5, 5.41) is 1.08. The lowest BCUT2D eigenvalue weighted by atomic mass is 10.0. The summed E-state index contributed by atoms with van der Waals surface area (Å²) in [6.45, 7) is 4.39. The Balaban J connectivity index is 1.94. The minimum Gasteiger partial charge on any atom is -0.254 e. The van der Waals surface area contributed by atoms with Gasteiger partial charge in [0.25, 0.3) is 0 Å². The Labute approximate surface area is 139 Å². The number of pyridine rings is 1. The molecule has 0 saturated heterocycles. The molecule has 0 aliphatic heterocycles. The second-order valence-electron chi connectivity index (χ2n) is 5.55. The molecule has 110 valence electrons. The molecule has 0 spiro atoms. The summed E-state index contributed by atoms with van der Waals surface area (Å²) in [6, 6.07) is 16.5. The molecule has 0 aliphatic carbocycles. The van der Waals surface area contributed by atoms with E-state index in [4.69, 9.17) is 0 Å². The van der Waals surface area contributed by atoms with E-state index >= 15 is 0 Å². The molecular weight excluding hydrogens is 336 g/mol. The lowest BCUT2D eigenvalue weighted by Crippen LogP contribution is -1.88. The maximum atomic E-state index is 4.61. The average molecular weight is 353 g/mol. The number of hydrogen-bond donors (Lipinski definition) is 0. The number of hydrogen-bond acceptors (Lipinski definition) is 2. The van der Waals surface area contributed by atoms with E-state index in [1.807, 2.05) is 30.5 Å². The van der Waals surface area contributed by atoms with Gasteiger partial charge >= 0.3 is 0 Å². The Hall–Kier alpha value is -2.00. The third-order valence-electron chi connectivity index (χ3n) is 3.65. The van der Waals surface area contributed by atoms with Gasteiger partial charge in [0.1, 0.15) is 0 Å².